The number of ether oxygens (including phenoxy) is 1. The molecule has 3 aliphatic heterocycles. The largest absolute Gasteiger partial charge is 0.361 e. The summed E-state index contributed by atoms with van der Waals surface area (Å²) in [6, 6.07) is 0. The fraction of sp³-hybridized carbons (Fsp3) is 1.00. The van der Waals surface area contributed by atoms with Crippen molar-refractivity contribution >= 4 is 44.5 Å². The van der Waals surface area contributed by atoms with Crippen LogP contribution < -0.4 is 0 Å². The first-order chi connectivity index (χ1) is 6.99. The fourth-order valence-corrected chi connectivity index (χ4v) is 7.09. The molecule has 0 aromatic carbocycles. The minimum Gasteiger partial charge on any atom is -0.361 e. The van der Waals surface area contributed by atoms with Crippen LogP contribution in [-0.2, 0) is 19.0 Å². The van der Waals surface area contributed by atoms with Crippen molar-refractivity contribution in [2.75, 3.05) is 0 Å². The highest BCUT2D eigenvalue weighted by Gasteiger charge is 2.65. The number of rotatable bonds is 2. The molecule has 6 unspecified atom stereocenters. The Morgan fingerprint density at radius 1 is 1.60 bits per heavy atom. The molecule has 15 heavy (non-hydrogen) atoms. The summed E-state index contributed by atoms with van der Waals surface area (Å²) in [6.07, 6.45) is 0.420. The highest BCUT2D eigenvalue weighted by atomic mass is 127. The van der Waals surface area contributed by atoms with Crippen LogP contribution in [0, 0.1) is 0 Å². The van der Waals surface area contributed by atoms with Gasteiger partial charge in [0.25, 0.3) is 10.1 Å². The van der Waals surface area contributed by atoms with Crippen LogP contribution in [0.15, 0.2) is 0 Å². The number of alkyl halides is 1. The molecule has 3 saturated heterocycles. The summed E-state index contributed by atoms with van der Waals surface area (Å²) in [4.78, 5) is 0. The second-order valence-electron chi connectivity index (χ2n) is 4.11. The molecular weight excluding hydrogens is 351 g/mol. The van der Waals surface area contributed by atoms with Gasteiger partial charge in [0, 0.05) is 5.25 Å². The third-order valence-corrected chi connectivity index (χ3v) is 7.04. The Bertz CT molecular complexity index is 382. The van der Waals surface area contributed by atoms with E-state index in [0.29, 0.717) is 11.7 Å². The van der Waals surface area contributed by atoms with E-state index in [1.165, 1.54) is 0 Å². The molecule has 3 rings (SSSR count). The van der Waals surface area contributed by atoms with E-state index in [9.17, 15) is 8.42 Å². The summed E-state index contributed by atoms with van der Waals surface area (Å²) in [7, 11) is -3.30. The maximum Gasteiger partial charge on any atom is 0.271 e. The first-order valence-corrected chi connectivity index (χ1v) is 8.52. The van der Waals surface area contributed by atoms with Gasteiger partial charge in [0.05, 0.1) is 11.4 Å². The van der Waals surface area contributed by atoms with Crippen molar-refractivity contribution in [3.05, 3.63) is 0 Å². The highest BCUT2D eigenvalue weighted by Crippen LogP contribution is 2.56. The van der Waals surface area contributed by atoms with Crippen molar-refractivity contribution < 1.29 is 17.3 Å². The number of hydrogen-bond acceptors (Lipinski definition) is 5. The molecule has 3 fully saturated rings. The Balaban J connectivity index is 1.88. The lowest BCUT2D eigenvalue weighted by molar-refractivity contribution is -0.0165. The van der Waals surface area contributed by atoms with Crippen LogP contribution in [0.5, 0.6) is 0 Å². The van der Waals surface area contributed by atoms with Gasteiger partial charge in [-0.1, -0.05) is 22.6 Å². The second kappa shape index (κ2) is 3.47. The van der Waals surface area contributed by atoms with E-state index >= 15 is 0 Å². The zero-order chi connectivity index (χ0) is 10.8. The van der Waals surface area contributed by atoms with E-state index in [2.05, 4.69) is 22.6 Å². The number of halogens is 1. The van der Waals surface area contributed by atoms with E-state index in [-0.39, 0.29) is 26.8 Å². The minimum absolute atomic E-state index is 0.0413. The van der Waals surface area contributed by atoms with Crippen molar-refractivity contribution in [3.63, 3.8) is 0 Å². The van der Waals surface area contributed by atoms with Gasteiger partial charge in [-0.2, -0.15) is 8.42 Å². The van der Waals surface area contributed by atoms with Crippen molar-refractivity contribution in [3.8, 4) is 0 Å². The molecule has 0 N–H and O–H groups in total. The molecule has 0 aromatic rings. The SMILES string of the molecule is CC(I)OC1C2CC3C(S2)C1OS3(=O)=O. The van der Waals surface area contributed by atoms with Crippen LogP contribution in [0.1, 0.15) is 13.3 Å². The summed E-state index contributed by atoms with van der Waals surface area (Å²) < 4.78 is 34.2. The predicted octanol–water partition coefficient (Wildman–Crippen LogP) is 1.14. The third-order valence-electron chi connectivity index (χ3n) is 3.14. The van der Waals surface area contributed by atoms with Gasteiger partial charge in [-0.3, -0.25) is 4.18 Å². The van der Waals surface area contributed by atoms with Gasteiger partial charge in [0.2, 0.25) is 0 Å². The maximum absolute atomic E-state index is 11.6. The first-order valence-electron chi connectivity index (χ1n) is 4.86. The molecule has 0 aliphatic carbocycles. The molecule has 0 spiro atoms. The molecule has 86 valence electrons. The standard InChI is InChI=1S/C8H11IO4S2/c1-3(9)12-6-4-2-5-8(14-4)7(6)13-15(5,10)11/h3-8H,2H2,1H3. The van der Waals surface area contributed by atoms with E-state index < -0.39 is 10.1 Å². The van der Waals surface area contributed by atoms with Crippen LogP contribution >= 0.6 is 34.4 Å². The molecule has 6 atom stereocenters. The maximum atomic E-state index is 11.6. The summed E-state index contributed by atoms with van der Waals surface area (Å²) in [5.41, 5.74) is 0. The lowest BCUT2D eigenvalue weighted by atomic mass is 9.94. The molecule has 0 radical (unpaired) electrons. The summed E-state index contributed by atoms with van der Waals surface area (Å²) >= 11 is 3.92. The van der Waals surface area contributed by atoms with E-state index in [4.69, 9.17) is 8.92 Å². The zero-order valence-corrected chi connectivity index (χ0v) is 11.8. The van der Waals surface area contributed by atoms with Crippen molar-refractivity contribution in [2.24, 2.45) is 0 Å². The Morgan fingerprint density at radius 3 is 3.00 bits per heavy atom. The zero-order valence-electron chi connectivity index (χ0n) is 8.00. The monoisotopic (exact) mass is 362 g/mol. The van der Waals surface area contributed by atoms with Crippen LogP contribution in [0.25, 0.3) is 0 Å². The quantitative estimate of drug-likeness (QED) is 0.419. The molecule has 2 bridgehead atoms. The van der Waals surface area contributed by atoms with Crippen LogP contribution in [0.2, 0.25) is 0 Å². The Kier molecular flexibility index (Phi) is 2.56. The molecule has 7 heteroatoms. The summed E-state index contributed by atoms with van der Waals surface area (Å²) in [6.45, 7) is 1.96. The van der Waals surface area contributed by atoms with Crippen molar-refractivity contribution in [1.82, 2.24) is 0 Å². The lowest BCUT2D eigenvalue weighted by Crippen LogP contribution is -2.41. The molecule has 0 saturated carbocycles. The molecule has 0 aromatic heterocycles. The average molecular weight is 362 g/mol. The van der Waals surface area contributed by atoms with Gasteiger partial charge in [0.1, 0.15) is 15.5 Å². The lowest BCUT2D eigenvalue weighted by Gasteiger charge is -2.24. The van der Waals surface area contributed by atoms with E-state index in [0.717, 1.165) is 0 Å². The Hall–Kier alpha value is 0.950. The van der Waals surface area contributed by atoms with Crippen molar-refractivity contribution in [2.45, 2.75) is 45.4 Å². The summed E-state index contributed by atoms with van der Waals surface area (Å²) in [5.74, 6) is 0. The molecular formula is C8H11IO4S2. The van der Waals surface area contributed by atoms with Crippen molar-refractivity contribution in [1.29, 1.82) is 0 Å². The predicted molar refractivity (Wildman–Crippen MR) is 65.7 cm³/mol. The molecule has 4 nitrogen and oxygen atoms in total. The topological polar surface area (TPSA) is 52.6 Å². The minimum atomic E-state index is -3.30. The Labute approximate surface area is 107 Å². The number of thioether (sulfide) groups is 1. The van der Waals surface area contributed by atoms with Gasteiger partial charge >= 0.3 is 0 Å². The van der Waals surface area contributed by atoms with Crippen LogP contribution in [0.3, 0.4) is 0 Å². The fourth-order valence-electron chi connectivity index (χ4n) is 2.61. The molecule has 3 aliphatic rings. The second-order valence-corrected chi connectivity index (χ2v) is 9.07. The number of fused-ring (bicyclic) bond motifs is 1. The average Bonchev–Trinajstić information content (AvgIpc) is 2.67. The van der Waals surface area contributed by atoms with Crippen LogP contribution in [-0.4, -0.2) is 40.5 Å². The smallest absolute Gasteiger partial charge is 0.271 e. The van der Waals surface area contributed by atoms with Gasteiger partial charge in [-0.05, 0) is 13.3 Å². The van der Waals surface area contributed by atoms with Gasteiger partial charge in [0.15, 0.2) is 0 Å². The molecule has 0 amide bonds. The van der Waals surface area contributed by atoms with Crippen LogP contribution in [0.4, 0.5) is 0 Å². The summed E-state index contributed by atoms with van der Waals surface area (Å²) in [5, 5.41) is 0.140. The Morgan fingerprint density at radius 2 is 2.33 bits per heavy atom. The first kappa shape index (κ1) is 11.1. The normalized spacial score (nSPS) is 52.3. The van der Waals surface area contributed by atoms with Gasteiger partial charge in [-0.25, -0.2) is 0 Å². The number of hydrogen-bond donors (Lipinski definition) is 0. The highest BCUT2D eigenvalue weighted by molar-refractivity contribution is 14.1. The van der Waals surface area contributed by atoms with Gasteiger partial charge < -0.3 is 4.74 Å². The van der Waals surface area contributed by atoms with Gasteiger partial charge in [-0.15, -0.1) is 11.8 Å². The van der Waals surface area contributed by atoms with E-state index in [1.54, 1.807) is 11.8 Å². The van der Waals surface area contributed by atoms with E-state index in [1.807, 2.05) is 6.92 Å². The third kappa shape index (κ3) is 1.57. The molecule has 3 heterocycles.